The second kappa shape index (κ2) is 5.71. The minimum Gasteiger partial charge on any atom is -0.378 e. The van der Waals surface area contributed by atoms with Gasteiger partial charge in [0.2, 0.25) is 0 Å². The van der Waals surface area contributed by atoms with Gasteiger partial charge in [-0.25, -0.2) is 0 Å². The molecule has 3 atom stereocenters. The molecule has 4 heteroatoms. The van der Waals surface area contributed by atoms with Gasteiger partial charge in [0.15, 0.2) is 0 Å². The lowest BCUT2D eigenvalue weighted by atomic mass is 9.89. The number of hydrogen-bond acceptors (Lipinski definition) is 4. The Hall–Kier alpha value is 0.230. The van der Waals surface area contributed by atoms with E-state index in [0.717, 1.165) is 39.1 Å². The molecule has 94 valence electrons. The number of rotatable bonds is 4. The number of thioether (sulfide) groups is 1. The third-order valence-corrected chi connectivity index (χ3v) is 4.33. The zero-order chi connectivity index (χ0) is 11.4. The van der Waals surface area contributed by atoms with Crippen molar-refractivity contribution in [1.82, 2.24) is 5.32 Å². The van der Waals surface area contributed by atoms with Gasteiger partial charge in [-0.2, -0.15) is 11.8 Å². The molecule has 3 nitrogen and oxygen atoms in total. The molecule has 0 bridgehead atoms. The van der Waals surface area contributed by atoms with Crippen molar-refractivity contribution in [3.63, 3.8) is 0 Å². The molecule has 16 heavy (non-hydrogen) atoms. The van der Waals surface area contributed by atoms with E-state index in [2.05, 4.69) is 18.5 Å². The summed E-state index contributed by atoms with van der Waals surface area (Å²) in [5, 5.41) is 3.71. The fraction of sp³-hybridized carbons (Fsp3) is 1.00. The molecule has 0 aromatic carbocycles. The summed E-state index contributed by atoms with van der Waals surface area (Å²) in [4.78, 5) is 0. The van der Waals surface area contributed by atoms with Crippen molar-refractivity contribution in [2.24, 2.45) is 0 Å². The van der Waals surface area contributed by atoms with Crippen LogP contribution >= 0.6 is 11.8 Å². The quantitative estimate of drug-likeness (QED) is 0.816. The van der Waals surface area contributed by atoms with Crippen LogP contribution in [0, 0.1) is 0 Å². The summed E-state index contributed by atoms with van der Waals surface area (Å²) in [5.74, 6) is 1.18. The maximum Gasteiger partial charge on any atom is 0.0951 e. The molecule has 1 spiro atoms. The molecule has 0 saturated carbocycles. The second-order valence-electron chi connectivity index (χ2n) is 5.05. The normalized spacial score (nSPS) is 36.8. The predicted octanol–water partition coefficient (Wildman–Crippen LogP) is 1.67. The van der Waals surface area contributed by atoms with Crippen LogP contribution in [0.2, 0.25) is 0 Å². The average Bonchev–Trinajstić information content (AvgIpc) is 2.66. The largest absolute Gasteiger partial charge is 0.378 e. The summed E-state index contributed by atoms with van der Waals surface area (Å²) in [6.07, 6.45) is 5.49. The molecule has 3 unspecified atom stereocenters. The molecule has 2 aliphatic rings. The molecule has 2 fully saturated rings. The van der Waals surface area contributed by atoms with E-state index in [1.54, 1.807) is 0 Å². The fourth-order valence-electron chi connectivity index (χ4n) is 2.73. The van der Waals surface area contributed by atoms with E-state index in [-0.39, 0.29) is 5.60 Å². The van der Waals surface area contributed by atoms with Crippen LogP contribution in [-0.2, 0) is 9.47 Å². The van der Waals surface area contributed by atoms with Gasteiger partial charge in [0.1, 0.15) is 0 Å². The van der Waals surface area contributed by atoms with Crippen LogP contribution in [0.25, 0.3) is 0 Å². The molecule has 1 N–H and O–H groups in total. The first-order valence-electron chi connectivity index (χ1n) is 6.21. The van der Waals surface area contributed by atoms with Crippen molar-refractivity contribution < 1.29 is 9.47 Å². The van der Waals surface area contributed by atoms with Crippen LogP contribution in [0.1, 0.15) is 26.2 Å². The summed E-state index contributed by atoms with van der Waals surface area (Å²) in [6.45, 7) is 4.81. The molecule has 0 aromatic rings. The Kier molecular flexibility index (Phi) is 4.53. The zero-order valence-corrected chi connectivity index (χ0v) is 11.1. The highest BCUT2D eigenvalue weighted by atomic mass is 32.2. The molecule has 2 heterocycles. The summed E-state index contributed by atoms with van der Waals surface area (Å²) < 4.78 is 11.4. The van der Waals surface area contributed by atoms with Crippen LogP contribution in [0.3, 0.4) is 0 Å². The van der Waals surface area contributed by atoms with E-state index in [0.29, 0.717) is 12.1 Å². The topological polar surface area (TPSA) is 30.5 Å². The van der Waals surface area contributed by atoms with Crippen LogP contribution < -0.4 is 5.32 Å². The lowest BCUT2D eigenvalue weighted by Crippen LogP contribution is -2.50. The fourth-order valence-corrected chi connectivity index (χ4v) is 3.33. The molecule has 2 saturated heterocycles. The van der Waals surface area contributed by atoms with Crippen molar-refractivity contribution in [1.29, 1.82) is 0 Å². The monoisotopic (exact) mass is 245 g/mol. The van der Waals surface area contributed by atoms with E-state index >= 15 is 0 Å². The Bertz CT molecular complexity index is 219. The number of nitrogens with one attached hydrogen (secondary N) is 1. The van der Waals surface area contributed by atoms with Crippen molar-refractivity contribution >= 4 is 11.8 Å². The molecule has 0 radical (unpaired) electrons. The van der Waals surface area contributed by atoms with Gasteiger partial charge >= 0.3 is 0 Å². The highest BCUT2D eigenvalue weighted by Gasteiger charge is 2.41. The number of hydrogen-bond donors (Lipinski definition) is 1. The Morgan fingerprint density at radius 2 is 2.38 bits per heavy atom. The molecule has 2 aliphatic heterocycles. The van der Waals surface area contributed by atoms with Crippen molar-refractivity contribution in [2.45, 2.75) is 43.9 Å². The summed E-state index contributed by atoms with van der Waals surface area (Å²) >= 11 is 1.90. The second-order valence-corrected chi connectivity index (χ2v) is 5.96. The van der Waals surface area contributed by atoms with Gasteiger partial charge in [0, 0.05) is 37.5 Å². The highest BCUT2D eigenvalue weighted by molar-refractivity contribution is 7.98. The van der Waals surface area contributed by atoms with Crippen LogP contribution in [0.5, 0.6) is 0 Å². The Morgan fingerprint density at radius 1 is 1.50 bits per heavy atom. The van der Waals surface area contributed by atoms with E-state index in [4.69, 9.17) is 9.47 Å². The molecule has 0 aromatic heterocycles. The minimum absolute atomic E-state index is 0.0367. The first-order chi connectivity index (χ1) is 7.74. The van der Waals surface area contributed by atoms with Gasteiger partial charge < -0.3 is 14.8 Å². The average molecular weight is 245 g/mol. The lowest BCUT2D eigenvalue weighted by molar-refractivity contribution is -0.0899. The van der Waals surface area contributed by atoms with Gasteiger partial charge in [0.05, 0.1) is 12.2 Å². The van der Waals surface area contributed by atoms with Gasteiger partial charge in [-0.15, -0.1) is 0 Å². The van der Waals surface area contributed by atoms with E-state index in [9.17, 15) is 0 Å². The predicted molar refractivity (Wildman–Crippen MR) is 68.1 cm³/mol. The Morgan fingerprint density at radius 3 is 3.06 bits per heavy atom. The Balaban J connectivity index is 1.82. The van der Waals surface area contributed by atoms with Gasteiger partial charge in [-0.3, -0.25) is 0 Å². The Labute approximate surface area is 103 Å². The third-order valence-electron chi connectivity index (χ3n) is 3.50. The molecular weight excluding hydrogens is 222 g/mol. The van der Waals surface area contributed by atoms with Crippen LogP contribution in [0.4, 0.5) is 0 Å². The van der Waals surface area contributed by atoms with Crippen LogP contribution in [-0.4, -0.2) is 49.5 Å². The van der Waals surface area contributed by atoms with E-state index in [1.807, 2.05) is 11.8 Å². The van der Waals surface area contributed by atoms with Gasteiger partial charge in [-0.1, -0.05) is 0 Å². The minimum atomic E-state index is 0.0367. The lowest BCUT2D eigenvalue weighted by Gasteiger charge is -2.38. The third kappa shape index (κ3) is 3.13. The maximum absolute atomic E-state index is 5.93. The highest BCUT2D eigenvalue weighted by Crippen LogP contribution is 2.32. The smallest absolute Gasteiger partial charge is 0.0951 e. The number of ether oxygens (including phenoxy) is 2. The zero-order valence-electron chi connectivity index (χ0n) is 10.3. The van der Waals surface area contributed by atoms with Crippen molar-refractivity contribution in [2.75, 3.05) is 31.8 Å². The first kappa shape index (κ1) is 12.7. The molecule has 0 aliphatic carbocycles. The summed E-state index contributed by atoms with van der Waals surface area (Å²) in [5.41, 5.74) is 0.0367. The van der Waals surface area contributed by atoms with Crippen molar-refractivity contribution in [3.8, 4) is 0 Å². The standard InChI is InChI=1S/C12H23NO2S/c1-10(8-16-2)13-11-3-5-15-12(7-11)4-6-14-9-12/h10-11,13H,3-9H2,1-2H3. The molecular formula is C12H23NO2S. The van der Waals surface area contributed by atoms with Gasteiger partial charge in [-0.05, 0) is 26.0 Å². The van der Waals surface area contributed by atoms with E-state index in [1.165, 1.54) is 5.75 Å². The maximum atomic E-state index is 5.93. The summed E-state index contributed by atoms with van der Waals surface area (Å²) in [7, 11) is 0. The van der Waals surface area contributed by atoms with Gasteiger partial charge in [0.25, 0.3) is 0 Å². The molecule has 0 amide bonds. The SMILES string of the molecule is CSCC(C)NC1CCOC2(CCOC2)C1. The first-order valence-corrected chi connectivity index (χ1v) is 7.60. The summed E-state index contributed by atoms with van der Waals surface area (Å²) in [6, 6.07) is 1.20. The molecule has 2 rings (SSSR count). The van der Waals surface area contributed by atoms with Crippen LogP contribution in [0.15, 0.2) is 0 Å². The van der Waals surface area contributed by atoms with Crippen molar-refractivity contribution in [3.05, 3.63) is 0 Å². The van der Waals surface area contributed by atoms with E-state index < -0.39 is 0 Å².